The van der Waals surface area contributed by atoms with E-state index < -0.39 is 0 Å². The third-order valence-corrected chi connectivity index (χ3v) is 6.03. The average Bonchev–Trinajstić information content (AvgIpc) is 3.49. The third-order valence-electron chi connectivity index (χ3n) is 5.72. The van der Waals surface area contributed by atoms with Crippen LogP contribution in [0, 0.1) is 0 Å². The van der Waals surface area contributed by atoms with Crippen LogP contribution < -0.4 is 19.7 Å². The number of nitrogens with one attached hydrogen (secondary N) is 1. The van der Waals surface area contributed by atoms with Gasteiger partial charge in [-0.3, -0.25) is 4.98 Å². The Morgan fingerprint density at radius 1 is 0.939 bits per heavy atom. The van der Waals surface area contributed by atoms with E-state index in [1.54, 1.807) is 20.4 Å². The number of ether oxygens (including phenoxy) is 2. The van der Waals surface area contributed by atoms with Gasteiger partial charge in [-0.05, 0) is 48.6 Å². The van der Waals surface area contributed by atoms with Crippen molar-refractivity contribution in [2.45, 2.75) is 12.1 Å². The fourth-order valence-corrected chi connectivity index (χ4v) is 4.50. The highest BCUT2D eigenvalue weighted by Gasteiger charge is 2.43. The molecule has 0 spiro atoms. The maximum Gasteiger partial charge on any atom is 0.174 e. The second-order valence-corrected chi connectivity index (χ2v) is 7.99. The molecule has 166 valence electrons. The van der Waals surface area contributed by atoms with Gasteiger partial charge >= 0.3 is 0 Å². The molecule has 0 amide bonds. The molecule has 1 aliphatic rings. The molecule has 33 heavy (non-hydrogen) atoms. The molecule has 4 aromatic rings. The first-order valence-electron chi connectivity index (χ1n) is 10.6. The predicted octanol–water partition coefficient (Wildman–Crippen LogP) is 5.54. The van der Waals surface area contributed by atoms with Gasteiger partial charge in [0.25, 0.3) is 0 Å². The highest BCUT2D eigenvalue weighted by molar-refractivity contribution is 7.80. The van der Waals surface area contributed by atoms with Gasteiger partial charge < -0.3 is 24.1 Å². The van der Waals surface area contributed by atoms with Crippen molar-refractivity contribution in [3.8, 4) is 22.8 Å². The Balaban J connectivity index is 1.64. The van der Waals surface area contributed by atoms with E-state index in [0.717, 1.165) is 28.5 Å². The van der Waals surface area contributed by atoms with Crippen LogP contribution in [0.1, 0.15) is 23.5 Å². The zero-order valence-corrected chi connectivity index (χ0v) is 19.1. The molecule has 0 bridgehead atoms. The number of benzene rings is 2. The first-order valence-corrected chi connectivity index (χ1v) is 11.0. The molecule has 2 aromatic heterocycles. The van der Waals surface area contributed by atoms with Crippen LogP contribution in [0.5, 0.6) is 11.5 Å². The third kappa shape index (κ3) is 3.91. The first kappa shape index (κ1) is 21.0. The van der Waals surface area contributed by atoms with Crippen molar-refractivity contribution in [1.82, 2.24) is 10.3 Å². The minimum atomic E-state index is -0.286. The van der Waals surface area contributed by atoms with E-state index >= 15 is 0 Å². The standard InChI is InChI=1S/C26H23N3O3S/c1-30-18-11-12-22(31-2)20(16-18)29-25(24(28-26(29)33)19-10-6-7-15-27-19)23-14-13-21(32-23)17-8-4-3-5-9-17/h3-16,24-25H,1-2H3,(H,28,33)/t24-,25-/m0/s1. The monoisotopic (exact) mass is 457 g/mol. The Labute approximate surface area is 197 Å². The lowest BCUT2D eigenvalue weighted by molar-refractivity contribution is 0.400. The molecule has 5 rings (SSSR count). The highest BCUT2D eigenvalue weighted by atomic mass is 32.1. The van der Waals surface area contributed by atoms with E-state index in [1.807, 2.05) is 83.8 Å². The van der Waals surface area contributed by atoms with Gasteiger partial charge in [0.1, 0.15) is 29.1 Å². The number of hydrogen-bond donors (Lipinski definition) is 1. The van der Waals surface area contributed by atoms with E-state index in [-0.39, 0.29) is 12.1 Å². The molecule has 2 aromatic carbocycles. The van der Waals surface area contributed by atoms with Crippen LogP contribution in [-0.2, 0) is 0 Å². The van der Waals surface area contributed by atoms with E-state index in [0.29, 0.717) is 16.6 Å². The number of pyridine rings is 1. The summed E-state index contributed by atoms with van der Waals surface area (Å²) < 4.78 is 17.6. The van der Waals surface area contributed by atoms with Crippen LogP contribution in [0.4, 0.5) is 5.69 Å². The lowest BCUT2D eigenvalue weighted by atomic mass is 10.0. The van der Waals surface area contributed by atoms with Crippen molar-refractivity contribution in [1.29, 1.82) is 0 Å². The van der Waals surface area contributed by atoms with Crippen LogP contribution in [-0.4, -0.2) is 24.3 Å². The number of rotatable bonds is 6. The highest BCUT2D eigenvalue weighted by Crippen LogP contribution is 2.46. The minimum absolute atomic E-state index is 0.218. The van der Waals surface area contributed by atoms with Crippen LogP contribution in [0.2, 0.25) is 0 Å². The van der Waals surface area contributed by atoms with E-state index in [9.17, 15) is 0 Å². The molecule has 2 atom stereocenters. The molecule has 0 aliphatic carbocycles. The Hall–Kier alpha value is -3.84. The molecule has 1 fully saturated rings. The number of nitrogens with zero attached hydrogens (tertiary/aromatic N) is 2. The predicted molar refractivity (Wildman–Crippen MR) is 132 cm³/mol. The van der Waals surface area contributed by atoms with Crippen LogP contribution >= 0.6 is 12.2 Å². The van der Waals surface area contributed by atoms with Gasteiger partial charge in [-0.15, -0.1) is 0 Å². The zero-order valence-electron chi connectivity index (χ0n) is 18.3. The van der Waals surface area contributed by atoms with E-state index in [1.165, 1.54) is 0 Å². The van der Waals surface area contributed by atoms with Crippen molar-refractivity contribution in [2.75, 3.05) is 19.1 Å². The molecule has 1 aliphatic heterocycles. The fourth-order valence-electron chi connectivity index (χ4n) is 4.16. The number of aromatic nitrogens is 1. The largest absolute Gasteiger partial charge is 0.497 e. The van der Waals surface area contributed by atoms with Gasteiger partial charge in [0.05, 0.1) is 31.6 Å². The summed E-state index contributed by atoms with van der Waals surface area (Å²) in [4.78, 5) is 6.61. The van der Waals surface area contributed by atoms with E-state index in [2.05, 4.69) is 10.3 Å². The summed E-state index contributed by atoms with van der Waals surface area (Å²) in [5.74, 6) is 2.95. The summed E-state index contributed by atoms with van der Waals surface area (Å²) in [6.07, 6.45) is 1.78. The van der Waals surface area contributed by atoms with Crippen molar-refractivity contribution >= 4 is 23.0 Å². The Bertz CT molecular complexity index is 1260. The Morgan fingerprint density at radius 2 is 1.76 bits per heavy atom. The second kappa shape index (κ2) is 8.96. The molecule has 0 radical (unpaired) electrons. The summed E-state index contributed by atoms with van der Waals surface area (Å²) >= 11 is 5.81. The Kier molecular flexibility index (Phi) is 5.71. The van der Waals surface area contributed by atoms with Crippen molar-refractivity contribution in [3.63, 3.8) is 0 Å². The summed E-state index contributed by atoms with van der Waals surface area (Å²) in [6, 6.07) is 25.0. The summed E-state index contributed by atoms with van der Waals surface area (Å²) in [6.45, 7) is 0. The minimum Gasteiger partial charge on any atom is -0.497 e. The molecule has 0 unspecified atom stereocenters. The topological polar surface area (TPSA) is 59.8 Å². The number of hydrogen-bond acceptors (Lipinski definition) is 5. The van der Waals surface area contributed by atoms with Gasteiger partial charge in [0.2, 0.25) is 0 Å². The smallest absolute Gasteiger partial charge is 0.174 e. The normalized spacial score (nSPS) is 17.6. The number of furan rings is 1. The van der Waals surface area contributed by atoms with Crippen molar-refractivity contribution < 1.29 is 13.9 Å². The number of anilines is 1. The molecule has 1 N–H and O–H groups in total. The quantitative estimate of drug-likeness (QED) is 0.382. The van der Waals surface area contributed by atoms with Crippen molar-refractivity contribution in [3.05, 3.63) is 96.5 Å². The van der Waals surface area contributed by atoms with Gasteiger partial charge in [-0.25, -0.2) is 0 Å². The van der Waals surface area contributed by atoms with Gasteiger partial charge in [-0.1, -0.05) is 36.4 Å². The number of thiocarbonyl (C=S) groups is 1. The van der Waals surface area contributed by atoms with Gasteiger partial charge in [-0.2, -0.15) is 0 Å². The van der Waals surface area contributed by atoms with Crippen LogP contribution in [0.25, 0.3) is 11.3 Å². The van der Waals surface area contributed by atoms with Gasteiger partial charge in [0, 0.05) is 17.8 Å². The summed E-state index contributed by atoms with van der Waals surface area (Å²) in [5, 5.41) is 4.00. The molecular weight excluding hydrogens is 434 g/mol. The maximum absolute atomic E-state index is 6.39. The van der Waals surface area contributed by atoms with Gasteiger partial charge in [0.15, 0.2) is 5.11 Å². The molecule has 0 saturated carbocycles. The average molecular weight is 458 g/mol. The summed E-state index contributed by atoms with van der Waals surface area (Å²) in [5.41, 5.74) is 2.67. The number of methoxy groups -OCH3 is 2. The first-order chi connectivity index (χ1) is 16.2. The van der Waals surface area contributed by atoms with Crippen molar-refractivity contribution in [2.24, 2.45) is 0 Å². The maximum atomic E-state index is 6.39. The molecular formula is C26H23N3O3S. The van der Waals surface area contributed by atoms with E-state index in [4.69, 9.17) is 26.1 Å². The SMILES string of the molecule is COc1ccc(OC)c(N2C(=S)N[C@@H](c3ccccn3)[C@@H]2c2ccc(-c3ccccc3)o2)c1. The lowest BCUT2D eigenvalue weighted by Gasteiger charge is -2.27. The fraction of sp³-hybridized carbons (Fsp3) is 0.154. The second-order valence-electron chi connectivity index (χ2n) is 7.60. The lowest BCUT2D eigenvalue weighted by Crippen LogP contribution is -2.29. The van der Waals surface area contributed by atoms with Crippen LogP contribution in [0.15, 0.2) is 89.5 Å². The zero-order chi connectivity index (χ0) is 22.8. The Morgan fingerprint density at radius 3 is 2.48 bits per heavy atom. The van der Waals surface area contributed by atoms with Crippen LogP contribution in [0.3, 0.4) is 0 Å². The molecule has 7 heteroatoms. The summed E-state index contributed by atoms with van der Waals surface area (Å²) in [7, 11) is 3.28. The molecule has 3 heterocycles. The molecule has 1 saturated heterocycles. The molecule has 6 nitrogen and oxygen atoms in total.